The number of aromatic nitrogens is 1. The Kier molecular flexibility index (Phi) is 6.86. The second-order valence-corrected chi connectivity index (χ2v) is 6.58. The van der Waals surface area contributed by atoms with Gasteiger partial charge < -0.3 is 24.4 Å². The van der Waals surface area contributed by atoms with Gasteiger partial charge in [-0.1, -0.05) is 6.07 Å². The first-order valence-electron chi connectivity index (χ1n) is 9.15. The van der Waals surface area contributed by atoms with E-state index in [1.54, 1.807) is 30.5 Å². The highest BCUT2D eigenvalue weighted by molar-refractivity contribution is 5.58. The van der Waals surface area contributed by atoms with Crippen molar-refractivity contribution in [2.24, 2.45) is 0 Å². The molecule has 29 heavy (non-hydrogen) atoms. The van der Waals surface area contributed by atoms with Gasteiger partial charge >= 0.3 is 0 Å². The molecule has 7 heteroatoms. The zero-order valence-corrected chi connectivity index (χ0v) is 16.7. The van der Waals surface area contributed by atoms with Gasteiger partial charge in [0.05, 0.1) is 13.3 Å². The van der Waals surface area contributed by atoms with Crippen LogP contribution in [0.25, 0.3) is 0 Å². The normalized spacial score (nSPS) is 10.7. The number of benzene rings is 2. The molecule has 1 N–H and O–H groups in total. The summed E-state index contributed by atoms with van der Waals surface area (Å²) >= 11 is 0. The highest BCUT2D eigenvalue weighted by atomic mass is 19.1. The van der Waals surface area contributed by atoms with Crippen molar-refractivity contribution in [3.8, 4) is 23.0 Å². The van der Waals surface area contributed by atoms with Gasteiger partial charge in [-0.05, 0) is 50.5 Å². The average molecular weight is 397 g/mol. The van der Waals surface area contributed by atoms with E-state index in [0.717, 1.165) is 12.3 Å². The number of rotatable bonds is 9. The molecule has 1 heterocycles. The average Bonchev–Trinajstić information content (AvgIpc) is 2.71. The molecular formula is C22H24FN3O3. The minimum absolute atomic E-state index is 0.169. The maximum absolute atomic E-state index is 13.5. The summed E-state index contributed by atoms with van der Waals surface area (Å²) in [6.45, 7) is 1.44. The standard InChI is InChI=1S/C22H24FN3O3/c1-26(2)11-12-28-17-5-4-6-18(14-17)29-19-8-10-22(24-15-19)25-16-7-9-20(23)21(13-16)27-3/h4-10,13-15H,11-12H2,1-3H3,(H,24,25). The van der Waals surface area contributed by atoms with Crippen LogP contribution in [-0.2, 0) is 0 Å². The van der Waals surface area contributed by atoms with Gasteiger partial charge in [-0.15, -0.1) is 0 Å². The second-order valence-electron chi connectivity index (χ2n) is 6.58. The third-order valence-electron chi connectivity index (χ3n) is 4.01. The van der Waals surface area contributed by atoms with Crippen molar-refractivity contribution in [3.05, 3.63) is 66.6 Å². The summed E-state index contributed by atoms with van der Waals surface area (Å²) < 4.78 is 30.1. The maximum atomic E-state index is 13.5. The molecule has 0 atom stereocenters. The maximum Gasteiger partial charge on any atom is 0.165 e. The van der Waals surface area contributed by atoms with E-state index in [9.17, 15) is 4.39 Å². The third-order valence-corrected chi connectivity index (χ3v) is 4.01. The number of hydrogen-bond donors (Lipinski definition) is 1. The lowest BCUT2D eigenvalue weighted by molar-refractivity contribution is 0.260. The molecule has 0 aliphatic carbocycles. The van der Waals surface area contributed by atoms with Gasteiger partial charge in [0.25, 0.3) is 0 Å². The zero-order chi connectivity index (χ0) is 20.6. The Morgan fingerprint density at radius 2 is 1.83 bits per heavy atom. The molecule has 0 unspecified atom stereocenters. The van der Waals surface area contributed by atoms with Crippen molar-refractivity contribution >= 4 is 11.5 Å². The Bertz CT molecular complexity index is 933. The number of anilines is 2. The highest BCUT2D eigenvalue weighted by Crippen LogP contribution is 2.27. The Balaban J connectivity index is 1.60. The number of nitrogens with one attached hydrogen (secondary N) is 1. The molecule has 0 spiro atoms. The molecule has 3 rings (SSSR count). The van der Waals surface area contributed by atoms with E-state index in [0.29, 0.717) is 29.6 Å². The minimum atomic E-state index is -0.414. The smallest absolute Gasteiger partial charge is 0.165 e. The predicted molar refractivity (Wildman–Crippen MR) is 111 cm³/mol. The quantitative estimate of drug-likeness (QED) is 0.565. The summed E-state index contributed by atoms with van der Waals surface area (Å²) in [7, 11) is 5.43. The first kappa shape index (κ1) is 20.4. The first-order chi connectivity index (χ1) is 14.0. The van der Waals surface area contributed by atoms with E-state index >= 15 is 0 Å². The molecule has 1 aromatic heterocycles. The predicted octanol–water partition coefficient (Wildman–Crippen LogP) is 4.71. The fraction of sp³-hybridized carbons (Fsp3) is 0.227. The summed E-state index contributed by atoms with van der Waals surface area (Å²) in [6, 6.07) is 15.6. The fourth-order valence-corrected chi connectivity index (χ4v) is 2.51. The third kappa shape index (κ3) is 6.08. The molecule has 152 valence electrons. The second kappa shape index (κ2) is 9.75. The van der Waals surface area contributed by atoms with Crippen LogP contribution in [0, 0.1) is 5.82 Å². The van der Waals surface area contributed by atoms with Gasteiger partial charge in [0.2, 0.25) is 0 Å². The SMILES string of the molecule is COc1cc(Nc2ccc(Oc3cccc(OCCN(C)C)c3)cn2)ccc1F. The number of likely N-dealkylation sites (N-methyl/N-ethyl adjacent to an activating group) is 1. The van der Waals surface area contributed by atoms with Crippen molar-refractivity contribution in [3.63, 3.8) is 0 Å². The number of nitrogens with zero attached hydrogens (tertiary/aromatic N) is 2. The lowest BCUT2D eigenvalue weighted by Gasteiger charge is -2.12. The van der Waals surface area contributed by atoms with Crippen LogP contribution >= 0.6 is 0 Å². The summed E-state index contributed by atoms with van der Waals surface area (Å²) in [5.74, 6) is 2.37. The van der Waals surface area contributed by atoms with Crippen LogP contribution < -0.4 is 19.5 Å². The van der Waals surface area contributed by atoms with Crippen molar-refractivity contribution in [1.82, 2.24) is 9.88 Å². The van der Waals surface area contributed by atoms with Gasteiger partial charge in [-0.2, -0.15) is 0 Å². The number of ether oxygens (including phenoxy) is 3. The van der Waals surface area contributed by atoms with Gasteiger partial charge in [-0.25, -0.2) is 9.37 Å². The van der Waals surface area contributed by atoms with Crippen molar-refractivity contribution in [2.45, 2.75) is 0 Å². The van der Waals surface area contributed by atoms with E-state index in [1.165, 1.54) is 13.2 Å². The molecule has 0 aliphatic rings. The molecular weight excluding hydrogens is 373 g/mol. The Morgan fingerprint density at radius 3 is 2.55 bits per heavy atom. The summed E-state index contributed by atoms with van der Waals surface area (Å²) in [5, 5.41) is 3.10. The molecule has 0 aliphatic heterocycles. The van der Waals surface area contributed by atoms with E-state index < -0.39 is 5.82 Å². The van der Waals surface area contributed by atoms with Crippen LogP contribution in [0.3, 0.4) is 0 Å². The lowest BCUT2D eigenvalue weighted by atomic mass is 10.3. The van der Waals surface area contributed by atoms with E-state index in [4.69, 9.17) is 14.2 Å². The van der Waals surface area contributed by atoms with Crippen LogP contribution in [0.5, 0.6) is 23.0 Å². The van der Waals surface area contributed by atoms with Gasteiger partial charge in [0.15, 0.2) is 11.6 Å². The van der Waals surface area contributed by atoms with Crippen LogP contribution in [0.15, 0.2) is 60.8 Å². The summed E-state index contributed by atoms with van der Waals surface area (Å²) in [5.41, 5.74) is 0.673. The zero-order valence-electron chi connectivity index (χ0n) is 16.7. The number of pyridine rings is 1. The van der Waals surface area contributed by atoms with E-state index in [-0.39, 0.29) is 5.75 Å². The van der Waals surface area contributed by atoms with Crippen molar-refractivity contribution < 1.29 is 18.6 Å². The van der Waals surface area contributed by atoms with Crippen molar-refractivity contribution in [1.29, 1.82) is 0 Å². The molecule has 0 radical (unpaired) electrons. The molecule has 3 aromatic rings. The van der Waals surface area contributed by atoms with Crippen LogP contribution in [0.2, 0.25) is 0 Å². The molecule has 0 amide bonds. The minimum Gasteiger partial charge on any atom is -0.494 e. The van der Waals surface area contributed by atoms with E-state index in [2.05, 4.69) is 15.2 Å². The molecule has 0 saturated carbocycles. The molecule has 6 nitrogen and oxygen atoms in total. The van der Waals surface area contributed by atoms with Crippen LogP contribution in [0.1, 0.15) is 0 Å². The topological polar surface area (TPSA) is 55.9 Å². The molecule has 0 saturated heterocycles. The van der Waals surface area contributed by atoms with Gasteiger partial charge in [0.1, 0.15) is 29.7 Å². The summed E-state index contributed by atoms with van der Waals surface area (Å²) in [4.78, 5) is 6.39. The van der Waals surface area contributed by atoms with Crippen LogP contribution in [-0.4, -0.2) is 44.2 Å². The van der Waals surface area contributed by atoms with Crippen LogP contribution in [0.4, 0.5) is 15.9 Å². The molecule has 2 aromatic carbocycles. The Hall–Kier alpha value is -3.32. The monoisotopic (exact) mass is 397 g/mol. The first-order valence-corrected chi connectivity index (χ1v) is 9.15. The summed E-state index contributed by atoms with van der Waals surface area (Å²) in [6.07, 6.45) is 1.61. The number of halogens is 1. The molecule has 0 fully saturated rings. The number of hydrogen-bond acceptors (Lipinski definition) is 6. The van der Waals surface area contributed by atoms with Gasteiger partial charge in [0, 0.05) is 24.4 Å². The number of methoxy groups -OCH3 is 1. The highest BCUT2D eigenvalue weighted by Gasteiger charge is 2.05. The van der Waals surface area contributed by atoms with E-state index in [1.807, 2.05) is 38.4 Å². The largest absolute Gasteiger partial charge is 0.494 e. The molecule has 0 bridgehead atoms. The Labute approximate surface area is 169 Å². The lowest BCUT2D eigenvalue weighted by Crippen LogP contribution is -2.19. The fourth-order valence-electron chi connectivity index (χ4n) is 2.51. The van der Waals surface area contributed by atoms with Crippen molar-refractivity contribution in [2.75, 3.05) is 39.7 Å². The van der Waals surface area contributed by atoms with Gasteiger partial charge in [-0.3, -0.25) is 0 Å². The Morgan fingerprint density at radius 1 is 1.00 bits per heavy atom.